The van der Waals surface area contributed by atoms with Crippen LogP contribution in [0.3, 0.4) is 0 Å². The maximum Gasteiger partial charge on any atom is 0.0755 e. The van der Waals surface area contributed by atoms with Crippen molar-refractivity contribution in [2.75, 3.05) is 7.11 Å². The number of nitrogens with two attached hydrogens (primary N) is 1. The molecule has 90 valence electrons. The van der Waals surface area contributed by atoms with Crippen LogP contribution in [0.25, 0.3) is 0 Å². The Hall–Kier alpha value is -0.0800. The Labute approximate surface area is 94.6 Å². The number of ether oxygens (including phenoxy) is 1. The molecule has 15 heavy (non-hydrogen) atoms. The Bertz CT molecular complexity index is 179. The molecule has 2 atom stereocenters. The van der Waals surface area contributed by atoms with Crippen molar-refractivity contribution in [2.24, 2.45) is 17.1 Å². The van der Waals surface area contributed by atoms with Crippen LogP contribution in [0.4, 0.5) is 0 Å². The fraction of sp³-hybridized carbons (Fsp3) is 1.00. The molecule has 0 saturated heterocycles. The summed E-state index contributed by atoms with van der Waals surface area (Å²) in [6.07, 6.45) is 6.91. The zero-order valence-corrected chi connectivity index (χ0v) is 10.8. The highest BCUT2D eigenvalue weighted by Gasteiger charge is 2.34. The predicted octanol–water partition coefficient (Wildman–Crippen LogP) is 2.96. The van der Waals surface area contributed by atoms with Gasteiger partial charge in [-0.2, -0.15) is 0 Å². The van der Waals surface area contributed by atoms with Gasteiger partial charge < -0.3 is 10.5 Å². The van der Waals surface area contributed by atoms with Crippen LogP contribution >= 0.6 is 0 Å². The van der Waals surface area contributed by atoms with Gasteiger partial charge in [0, 0.05) is 13.2 Å². The van der Waals surface area contributed by atoms with Crippen LogP contribution in [0.15, 0.2) is 0 Å². The molecule has 0 heterocycles. The van der Waals surface area contributed by atoms with E-state index in [0.29, 0.717) is 5.92 Å². The van der Waals surface area contributed by atoms with Crippen LogP contribution in [0.1, 0.15) is 52.9 Å². The predicted molar refractivity (Wildman–Crippen MR) is 64.8 cm³/mol. The highest BCUT2D eigenvalue weighted by atomic mass is 16.5. The Morgan fingerprint density at radius 3 is 2.07 bits per heavy atom. The molecule has 2 heteroatoms. The Morgan fingerprint density at radius 2 is 1.67 bits per heavy atom. The molecule has 2 N–H and O–H groups in total. The van der Waals surface area contributed by atoms with Gasteiger partial charge in [0.15, 0.2) is 0 Å². The van der Waals surface area contributed by atoms with E-state index in [-0.39, 0.29) is 17.6 Å². The Morgan fingerprint density at radius 1 is 1.13 bits per heavy atom. The quantitative estimate of drug-likeness (QED) is 0.782. The van der Waals surface area contributed by atoms with E-state index in [9.17, 15) is 0 Å². The fourth-order valence-electron chi connectivity index (χ4n) is 2.59. The monoisotopic (exact) mass is 213 g/mol. The van der Waals surface area contributed by atoms with Crippen LogP contribution in [-0.2, 0) is 4.74 Å². The molecule has 0 aromatic carbocycles. The van der Waals surface area contributed by atoms with E-state index in [4.69, 9.17) is 10.5 Å². The Kier molecular flexibility index (Phi) is 4.60. The molecular weight excluding hydrogens is 186 g/mol. The molecule has 0 aromatic heterocycles. The van der Waals surface area contributed by atoms with Crippen molar-refractivity contribution < 1.29 is 4.74 Å². The van der Waals surface area contributed by atoms with Crippen LogP contribution in [0.2, 0.25) is 0 Å². The molecule has 1 aliphatic carbocycles. The van der Waals surface area contributed by atoms with Gasteiger partial charge in [-0.15, -0.1) is 0 Å². The van der Waals surface area contributed by atoms with Crippen molar-refractivity contribution in [1.29, 1.82) is 0 Å². The van der Waals surface area contributed by atoms with Gasteiger partial charge in [0.2, 0.25) is 0 Å². The van der Waals surface area contributed by atoms with Crippen molar-refractivity contribution in [3.63, 3.8) is 0 Å². The molecule has 0 spiro atoms. The smallest absolute Gasteiger partial charge is 0.0755 e. The van der Waals surface area contributed by atoms with Crippen LogP contribution in [0.5, 0.6) is 0 Å². The van der Waals surface area contributed by atoms with Crippen molar-refractivity contribution in [3.05, 3.63) is 0 Å². The molecule has 2 unspecified atom stereocenters. The molecular formula is C13H27NO. The number of hydrogen-bond acceptors (Lipinski definition) is 2. The molecule has 2 nitrogen and oxygen atoms in total. The van der Waals surface area contributed by atoms with Gasteiger partial charge in [0.05, 0.1) is 6.10 Å². The summed E-state index contributed by atoms with van der Waals surface area (Å²) < 4.78 is 5.65. The van der Waals surface area contributed by atoms with E-state index in [1.165, 1.54) is 32.1 Å². The third-order valence-electron chi connectivity index (χ3n) is 3.74. The molecule has 1 fully saturated rings. The molecule has 1 rings (SSSR count). The summed E-state index contributed by atoms with van der Waals surface area (Å²) >= 11 is 0. The SMILES string of the molecule is COC(C1CCCCC1)C(N)C(C)(C)C. The van der Waals surface area contributed by atoms with Gasteiger partial charge in [-0.1, -0.05) is 40.0 Å². The average Bonchev–Trinajstić information content (AvgIpc) is 2.19. The van der Waals surface area contributed by atoms with E-state index in [1.807, 2.05) is 7.11 Å². The molecule has 0 aromatic rings. The third kappa shape index (κ3) is 3.46. The Balaban J connectivity index is 2.60. The minimum atomic E-state index is 0.137. The van der Waals surface area contributed by atoms with E-state index >= 15 is 0 Å². The van der Waals surface area contributed by atoms with Crippen LogP contribution < -0.4 is 5.73 Å². The first-order valence-corrected chi connectivity index (χ1v) is 6.25. The summed E-state index contributed by atoms with van der Waals surface area (Å²) in [7, 11) is 1.81. The van der Waals surface area contributed by atoms with Crippen LogP contribution in [-0.4, -0.2) is 19.3 Å². The number of rotatable bonds is 3. The summed E-state index contributed by atoms with van der Waals surface area (Å²) in [6.45, 7) is 6.60. The van der Waals surface area contributed by atoms with Crippen LogP contribution in [0, 0.1) is 11.3 Å². The first-order valence-electron chi connectivity index (χ1n) is 6.25. The van der Waals surface area contributed by atoms with Gasteiger partial charge >= 0.3 is 0 Å². The second-order valence-electron chi connectivity index (χ2n) is 5.99. The number of hydrogen-bond donors (Lipinski definition) is 1. The largest absolute Gasteiger partial charge is 0.380 e. The fourth-order valence-corrected chi connectivity index (χ4v) is 2.59. The molecule has 0 amide bonds. The van der Waals surface area contributed by atoms with E-state index in [1.54, 1.807) is 0 Å². The lowest BCUT2D eigenvalue weighted by molar-refractivity contribution is -0.00895. The third-order valence-corrected chi connectivity index (χ3v) is 3.74. The first-order chi connectivity index (χ1) is 6.96. The van der Waals surface area contributed by atoms with Gasteiger partial charge in [0.1, 0.15) is 0 Å². The molecule has 0 radical (unpaired) electrons. The standard InChI is InChI=1S/C13H27NO/c1-13(2,3)12(14)11(15-4)10-8-6-5-7-9-10/h10-12H,5-9,14H2,1-4H3. The second kappa shape index (κ2) is 5.31. The van der Waals surface area contributed by atoms with Crippen molar-refractivity contribution >= 4 is 0 Å². The van der Waals surface area contributed by atoms with E-state index < -0.39 is 0 Å². The van der Waals surface area contributed by atoms with E-state index in [0.717, 1.165) is 0 Å². The van der Waals surface area contributed by atoms with Crippen molar-refractivity contribution in [2.45, 2.75) is 65.0 Å². The highest BCUT2D eigenvalue weighted by Crippen LogP contribution is 2.33. The van der Waals surface area contributed by atoms with Gasteiger partial charge in [-0.05, 0) is 24.2 Å². The molecule has 0 aliphatic heterocycles. The maximum absolute atomic E-state index is 6.31. The van der Waals surface area contributed by atoms with Crippen molar-refractivity contribution in [1.82, 2.24) is 0 Å². The minimum absolute atomic E-state index is 0.137. The lowest BCUT2D eigenvalue weighted by atomic mass is 9.75. The van der Waals surface area contributed by atoms with Gasteiger partial charge in [-0.25, -0.2) is 0 Å². The maximum atomic E-state index is 6.31. The summed E-state index contributed by atoms with van der Waals surface area (Å²) in [4.78, 5) is 0. The van der Waals surface area contributed by atoms with Gasteiger partial charge in [0.25, 0.3) is 0 Å². The normalized spacial score (nSPS) is 23.8. The zero-order valence-electron chi connectivity index (χ0n) is 10.8. The van der Waals surface area contributed by atoms with Gasteiger partial charge in [-0.3, -0.25) is 0 Å². The molecule has 0 bridgehead atoms. The average molecular weight is 213 g/mol. The topological polar surface area (TPSA) is 35.2 Å². The summed E-state index contributed by atoms with van der Waals surface area (Å²) in [5.74, 6) is 0.679. The summed E-state index contributed by atoms with van der Waals surface area (Å²) in [5, 5.41) is 0. The highest BCUT2D eigenvalue weighted by molar-refractivity contribution is 4.89. The second-order valence-corrected chi connectivity index (χ2v) is 5.99. The van der Waals surface area contributed by atoms with E-state index in [2.05, 4.69) is 20.8 Å². The first kappa shape index (κ1) is 13.0. The molecule has 1 aliphatic rings. The lowest BCUT2D eigenvalue weighted by Gasteiger charge is -2.39. The molecule has 1 saturated carbocycles. The summed E-state index contributed by atoms with van der Waals surface area (Å²) in [5.41, 5.74) is 6.45. The summed E-state index contributed by atoms with van der Waals surface area (Å²) in [6, 6.07) is 0.144. The minimum Gasteiger partial charge on any atom is -0.380 e. The van der Waals surface area contributed by atoms with Crippen molar-refractivity contribution in [3.8, 4) is 0 Å². The number of methoxy groups -OCH3 is 1. The zero-order chi connectivity index (χ0) is 11.5. The lowest BCUT2D eigenvalue weighted by Crippen LogP contribution is -2.49.